The number of carbonyl (C=O) groups is 1. The van der Waals surface area contributed by atoms with Gasteiger partial charge < -0.3 is 29.9 Å². The molecule has 4 aromatic rings. The van der Waals surface area contributed by atoms with Crippen LogP contribution in [0.25, 0.3) is 11.3 Å². The molecule has 0 bridgehead atoms. The highest BCUT2D eigenvalue weighted by atomic mass is 16.5. The zero-order valence-corrected chi connectivity index (χ0v) is 24.0. The average molecular weight is 554 g/mol. The van der Waals surface area contributed by atoms with Crippen LogP contribution in [0, 0.1) is 6.92 Å². The van der Waals surface area contributed by atoms with Crippen molar-refractivity contribution < 1.29 is 14.3 Å². The number of benzene rings is 2. The Morgan fingerprint density at radius 3 is 2.54 bits per heavy atom. The van der Waals surface area contributed by atoms with E-state index < -0.39 is 0 Å². The number of anilines is 4. The maximum absolute atomic E-state index is 12.3. The van der Waals surface area contributed by atoms with E-state index in [0.29, 0.717) is 40.3 Å². The van der Waals surface area contributed by atoms with E-state index >= 15 is 0 Å². The van der Waals surface area contributed by atoms with Crippen molar-refractivity contribution in [3.8, 4) is 28.5 Å². The summed E-state index contributed by atoms with van der Waals surface area (Å²) in [5, 5.41) is 6.16. The lowest BCUT2D eigenvalue weighted by atomic mass is 10.1. The summed E-state index contributed by atoms with van der Waals surface area (Å²) >= 11 is 0. The summed E-state index contributed by atoms with van der Waals surface area (Å²) in [7, 11) is 7.59. The SMILES string of the molecule is C=CC(=O)Nc1cc(Nc2nccc(-c3cccc(Oc4ccc(C)nc4)c3)n2)c(OC)cc1N(C)CCN(C)C. The minimum Gasteiger partial charge on any atom is -0.494 e. The molecule has 41 heavy (non-hydrogen) atoms. The van der Waals surface area contributed by atoms with E-state index in [-0.39, 0.29) is 5.91 Å². The fraction of sp³-hybridized carbons (Fsp3) is 0.226. The Morgan fingerprint density at radius 1 is 1.00 bits per heavy atom. The first-order valence-corrected chi connectivity index (χ1v) is 13.1. The highest BCUT2D eigenvalue weighted by Crippen LogP contribution is 2.38. The molecule has 0 spiro atoms. The van der Waals surface area contributed by atoms with E-state index in [4.69, 9.17) is 14.5 Å². The lowest BCUT2D eigenvalue weighted by Crippen LogP contribution is -2.29. The molecule has 212 valence electrons. The third-order valence-electron chi connectivity index (χ3n) is 6.21. The van der Waals surface area contributed by atoms with Crippen LogP contribution in [0.5, 0.6) is 17.2 Å². The highest BCUT2D eigenvalue weighted by Gasteiger charge is 2.17. The van der Waals surface area contributed by atoms with Crippen LogP contribution in [-0.4, -0.2) is 67.1 Å². The maximum Gasteiger partial charge on any atom is 0.247 e. The number of carbonyl (C=O) groups excluding carboxylic acids is 1. The number of aryl methyl sites for hydroxylation is 1. The van der Waals surface area contributed by atoms with E-state index in [1.165, 1.54) is 6.08 Å². The third-order valence-corrected chi connectivity index (χ3v) is 6.21. The molecule has 0 atom stereocenters. The van der Waals surface area contributed by atoms with Crippen LogP contribution in [0.15, 0.2) is 79.6 Å². The third kappa shape index (κ3) is 7.80. The molecule has 10 heteroatoms. The van der Waals surface area contributed by atoms with Crippen LogP contribution in [-0.2, 0) is 4.79 Å². The first kappa shape index (κ1) is 29.0. The van der Waals surface area contributed by atoms with E-state index in [2.05, 4.69) is 37.0 Å². The molecule has 0 aliphatic carbocycles. The van der Waals surface area contributed by atoms with E-state index in [0.717, 1.165) is 30.0 Å². The highest BCUT2D eigenvalue weighted by molar-refractivity contribution is 6.02. The normalized spacial score (nSPS) is 10.7. The minimum absolute atomic E-state index is 0.315. The number of aromatic nitrogens is 3. The van der Waals surface area contributed by atoms with Crippen molar-refractivity contribution in [3.05, 3.63) is 85.3 Å². The van der Waals surface area contributed by atoms with Gasteiger partial charge in [-0.2, -0.15) is 0 Å². The Morgan fingerprint density at radius 2 is 1.83 bits per heavy atom. The fourth-order valence-corrected chi connectivity index (χ4v) is 3.98. The number of nitrogens with one attached hydrogen (secondary N) is 2. The quantitative estimate of drug-likeness (QED) is 0.220. The van der Waals surface area contributed by atoms with Crippen LogP contribution in [0.3, 0.4) is 0 Å². The lowest BCUT2D eigenvalue weighted by Gasteiger charge is -2.26. The van der Waals surface area contributed by atoms with Gasteiger partial charge in [0.2, 0.25) is 11.9 Å². The predicted molar refractivity (Wildman–Crippen MR) is 163 cm³/mol. The molecule has 0 unspecified atom stereocenters. The van der Waals surface area contributed by atoms with Crippen molar-refractivity contribution >= 4 is 28.9 Å². The number of hydrogen-bond donors (Lipinski definition) is 2. The maximum atomic E-state index is 12.3. The van der Waals surface area contributed by atoms with Gasteiger partial charge in [0.05, 0.1) is 36.1 Å². The van der Waals surface area contributed by atoms with Gasteiger partial charge in [-0.05, 0) is 63.5 Å². The molecular formula is C31H35N7O3. The second-order valence-electron chi connectivity index (χ2n) is 9.64. The second-order valence-corrected chi connectivity index (χ2v) is 9.64. The molecule has 0 aliphatic heterocycles. The van der Waals surface area contributed by atoms with Gasteiger partial charge in [-0.25, -0.2) is 9.97 Å². The molecule has 10 nitrogen and oxygen atoms in total. The number of ether oxygens (including phenoxy) is 2. The van der Waals surface area contributed by atoms with Gasteiger partial charge in [0.1, 0.15) is 17.2 Å². The van der Waals surface area contributed by atoms with Gasteiger partial charge in [0, 0.05) is 43.7 Å². The number of likely N-dealkylation sites (N-methyl/N-ethyl adjacent to an activating group) is 2. The average Bonchev–Trinajstić information content (AvgIpc) is 2.97. The fourth-order valence-electron chi connectivity index (χ4n) is 3.98. The molecule has 0 saturated carbocycles. The van der Waals surface area contributed by atoms with Crippen LogP contribution >= 0.6 is 0 Å². The smallest absolute Gasteiger partial charge is 0.247 e. The Bertz CT molecular complexity index is 1510. The van der Waals surface area contributed by atoms with Crippen molar-refractivity contribution in [2.24, 2.45) is 0 Å². The van der Waals surface area contributed by atoms with Crippen molar-refractivity contribution in [2.75, 3.05) is 56.9 Å². The molecule has 0 fully saturated rings. The zero-order chi connectivity index (χ0) is 29.4. The van der Waals surface area contributed by atoms with Crippen molar-refractivity contribution in [3.63, 3.8) is 0 Å². The molecule has 4 rings (SSSR count). The van der Waals surface area contributed by atoms with Crippen LogP contribution in [0.4, 0.5) is 23.0 Å². The molecule has 2 aromatic carbocycles. The molecule has 0 aliphatic rings. The molecule has 2 N–H and O–H groups in total. The van der Waals surface area contributed by atoms with Crippen LogP contribution < -0.4 is 25.0 Å². The first-order chi connectivity index (χ1) is 19.7. The number of amides is 1. The molecule has 2 aromatic heterocycles. The Balaban J connectivity index is 1.62. The lowest BCUT2D eigenvalue weighted by molar-refractivity contribution is -0.111. The zero-order valence-electron chi connectivity index (χ0n) is 24.0. The van der Waals surface area contributed by atoms with Gasteiger partial charge >= 0.3 is 0 Å². The number of nitrogens with zero attached hydrogens (tertiary/aromatic N) is 5. The monoisotopic (exact) mass is 553 g/mol. The van der Waals surface area contributed by atoms with Crippen molar-refractivity contribution in [1.29, 1.82) is 0 Å². The van der Waals surface area contributed by atoms with Crippen molar-refractivity contribution in [2.45, 2.75) is 6.92 Å². The van der Waals surface area contributed by atoms with E-state index in [9.17, 15) is 4.79 Å². The van der Waals surface area contributed by atoms with Gasteiger partial charge in [-0.15, -0.1) is 0 Å². The van der Waals surface area contributed by atoms with Crippen LogP contribution in [0.2, 0.25) is 0 Å². The second kappa shape index (κ2) is 13.4. The summed E-state index contributed by atoms with van der Waals surface area (Å²) < 4.78 is 11.7. The van der Waals surface area contributed by atoms with E-state index in [1.54, 1.807) is 19.5 Å². The standard InChI is InChI=1S/C31H35N7O3/c1-7-30(39)34-26-18-27(29(40-6)19-28(26)38(5)16-15-37(3)4)36-31-32-14-13-25(35-31)22-9-8-10-23(17-22)41-24-12-11-21(2)33-20-24/h7-14,17-20H,1,15-16H2,2-6H3,(H,34,39)(H,32,35,36). The van der Waals surface area contributed by atoms with E-state index in [1.807, 2.05) is 82.7 Å². The van der Waals surface area contributed by atoms with Crippen molar-refractivity contribution in [1.82, 2.24) is 19.9 Å². The molecule has 0 saturated heterocycles. The first-order valence-electron chi connectivity index (χ1n) is 13.1. The number of pyridine rings is 1. The van der Waals surface area contributed by atoms with Gasteiger partial charge in [0.25, 0.3) is 0 Å². The number of methoxy groups -OCH3 is 1. The summed E-state index contributed by atoms with van der Waals surface area (Å²) in [5.41, 5.74) is 4.49. The largest absolute Gasteiger partial charge is 0.494 e. The predicted octanol–water partition coefficient (Wildman–Crippen LogP) is 5.51. The number of hydrogen-bond acceptors (Lipinski definition) is 9. The molecule has 2 heterocycles. The van der Waals surface area contributed by atoms with Crippen LogP contribution in [0.1, 0.15) is 5.69 Å². The van der Waals surface area contributed by atoms with Gasteiger partial charge in [-0.1, -0.05) is 18.7 Å². The topological polar surface area (TPSA) is 105 Å². The summed E-state index contributed by atoms with van der Waals surface area (Å²) in [4.78, 5) is 29.8. The Kier molecular flexibility index (Phi) is 9.49. The number of rotatable bonds is 12. The molecular weight excluding hydrogens is 518 g/mol. The molecule has 1 amide bonds. The Hall–Kier alpha value is -4.96. The summed E-state index contributed by atoms with van der Waals surface area (Å²) in [6, 6.07) is 16.9. The summed E-state index contributed by atoms with van der Waals surface area (Å²) in [6.07, 6.45) is 4.61. The summed E-state index contributed by atoms with van der Waals surface area (Å²) in [6.45, 7) is 7.09. The minimum atomic E-state index is -0.315. The summed E-state index contributed by atoms with van der Waals surface area (Å²) in [5.74, 6) is 1.94. The molecule has 0 radical (unpaired) electrons. The van der Waals surface area contributed by atoms with Gasteiger partial charge in [0.15, 0.2) is 0 Å². The van der Waals surface area contributed by atoms with Gasteiger partial charge in [-0.3, -0.25) is 9.78 Å². The Labute approximate surface area is 240 Å².